The van der Waals surface area contributed by atoms with Crippen LogP contribution >= 0.6 is 11.6 Å². The van der Waals surface area contributed by atoms with Gasteiger partial charge < -0.3 is 4.74 Å². The maximum absolute atomic E-state index is 12.4. The molecule has 0 aliphatic carbocycles. The SMILES string of the molecule is C[C@H](Cc1ccc2c(c1)CCO2)NS(=O)(=O)Cc1ccccc1Cl. The molecule has 4 nitrogen and oxygen atoms in total. The molecule has 0 saturated heterocycles. The lowest BCUT2D eigenvalue weighted by Crippen LogP contribution is -2.35. The Morgan fingerprint density at radius 2 is 2.04 bits per heavy atom. The highest BCUT2D eigenvalue weighted by Gasteiger charge is 2.18. The number of fused-ring (bicyclic) bond motifs is 1. The Morgan fingerprint density at radius 3 is 2.83 bits per heavy atom. The van der Waals surface area contributed by atoms with Gasteiger partial charge in [-0.05, 0) is 42.2 Å². The molecule has 0 spiro atoms. The molecule has 3 rings (SSSR count). The van der Waals surface area contributed by atoms with E-state index >= 15 is 0 Å². The summed E-state index contributed by atoms with van der Waals surface area (Å²) >= 11 is 6.05. The molecule has 1 aliphatic rings. The standard InChI is InChI=1S/C18H20ClNO3S/c1-13(10-14-6-7-18-15(11-14)8-9-23-18)20-24(21,22)12-16-4-2-3-5-17(16)19/h2-7,11,13,20H,8-10,12H2,1H3/t13-/m1/s1. The summed E-state index contributed by atoms with van der Waals surface area (Å²) in [6.07, 6.45) is 1.55. The maximum atomic E-state index is 12.4. The topological polar surface area (TPSA) is 55.4 Å². The van der Waals surface area contributed by atoms with Crippen LogP contribution in [0.2, 0.25) is 5.02 Å². The second kappa shape index (κ2) is 7.13. The lowest BCUT2D eigenvalue weighted by atomic mass is 10.0. The van der Waals surface area contributed by atoms with Crippen LogP contribution in [-0.2, 0) is 28.6 Å². The fraction of sp³-hybridized carbons (Fsp3) is 0.333. The van der Waals surface area contributed by atoms with Gasteiger partial charge >= 0.3 is 0 Å². The molecule has 128 valence electrons. The highest BCUT2D eigenvalue weighted by Crippen LogP contribution is 2.26. The number of sulfonamides is 1. The van der Waals surface area contributed by atoms with Crippen molar-refractivity contribution >= 4 is 21.6 Å². The van der Waals surface area contributed by atoms with Crippen LogP contribution in [0.3, 0.4) is 0 Å². The van der Waals surface area contributed by atoms with E-state index in [0.29, 0.717) is 17.0 Å². The molecule has 6 heteroatoms. The first-order valence-electron chi connectivity index (χ1n) is 7.91. The van der Waals surface area contributed by atoms with E-state index in [-0.39, 0.29) is 11.8 Å². The van der Waals surface area contributed by atoms with Crippen LogP contribution in [0.1, 0.15) is 23.6 Å². The zero-order valence-electron chi connectivity index (χ0n) is 13.5. The second-order valence-corrected chi connectivity index (χ2v) is 8.28. The number of ether oxygens (including phenoxy) is 1. The van der Waals surface area contributed by atoms with Crippen molar-refractivity contribution in [1.29, 1.82) is 0 Å². The van der Waals surface area contributed by atoms with E-state index in [1.165, 1.54) is 5.56 Å². The molecule has 0 unspecified atom stereocenters. The van der Waals surface area contributed by atoms with Crippen LogP contribution in [0.15, 0.2) is 42.5 Å². The maximum Gasteiger partial charge on any atom is 0.216 e. The number of hydrogen-bond acceptors (Lipinski definition) is 3. The third-order valence-electron chi connectivity index (χ3n) is 3.98. The fourth-order valence-corrected chi connectivity index (χ4v) is 4.65. The molecule has 2 aromatic rings. The average Bonchev–Trinajstić information content (AvgIpc) is 2.96. The highest BCUT2D eigenvalue weighted by atomic mass is 35.5. The van der Waals surface area contributed by atoms with Crippen LogP contribution in [-0.4, -0.2) is 21.1 Å². The van der Waals surface area contributed by atoms with E-state index in [4.69, 9.17) is 16.3 Å². The second-order valence-electron chi connectivity index (χ2n) is 6.11. The minimum atomic E-state index is -3.45. The highest BCUT2D eigenvalue weighted by molar-refractivity contribution is 7.88. The van der Waals surface area contributed by atoms with E-state index in [2.05, 4.69) is 10.8 Å². The van der Waals surface area contributed by atoms with E-state index in [0.717, 1.165) is 24.3 Å². The monoisotopic (exact) mass is 365 g/mol. The van der Waals surface area contributed by atoms with Gasteiger partial charge in [0.2, 0.25) is 10.0 Å². The van der Waals surface area contributed by atoms with Gasteiger partial charge in [-0.3, -0.25) is 0 Å². The van der Waals surface area contributed by atoms with Gasteiger partial charge in [0.1, 0.15) is 5.75 Å². The van der Waals surface area contributed by atoms with Crippen molar-refractivity contribution in [3.8, 4) is 5.75 Å². The first kappa shape index (κ1) is 17.3. The number of hydrogen-bond donors (Lipinski definition) is 1. The Kier molecular flexibility index (Phi) is 5.13. The smallest absolute Gasteiger partial charge is 0.216 e. The van der Waals surface area contributed by atoms with Crippen LogP contribution in [0.5, 0.6) is 5.75 Å². The summed E-state index contributed by atoms with van der Waals surface area (Å²) in [6.45, 7) is 2.59. The summed E-state index contributed by atoms with van der Waals surface area (Å²) in [5.74, 6) is 0.820. The largest absolute Gasteiger partial charge is 0.493 e. The third kappa shape index (κ3) is 4.29. The molecule has 0 saturated carbocycles. The molecule has 1 heterocycles. The third-order valence-corrected chi connectivity index (χ3v) is 5.80. The minimum Gasteiger partial charge on any atom is -0.493 e. The van der Waals surface area contributed by atoms with Crippen molar-refractivity contribution in [2.45, 2.75) is 31.6 Å². The van der Waals surface area contributed by atoms with Crippen LogP contribution in [0.25, 0.3) is 0 Å². The normalized spacial score (nSPS) is 14.9. The summed E-state index contributed by atoms with van der Waals surface area (Å²) in [5, 5.41) is 0.467. The molecule has 0 fully saturated rings. The zero-order chi connectivity index (χ0) is 17.2. The van der Waals surface area contributed by atoms with Gasteiger partial charge in [0.05, 0.1) is 12.4 Å². The van der Waals surface area contributed by atoms with Crippen LogP contribution < -0.4 is 9.46 Å². The molecular formula is C18H20ClNO3S. The van der Waals surface area contributed by atoms with Gasteiger partial charge in [-0.1, -0.05) is 41.9 Å². The van der Waals surface area contributed by atoms with Gasteiger partial charge in [-0.2, -0.15) is 0 Å². The lowest BCUT2D eigenvalue weighted by molar-refractivity contribution is 0.357. The molecule has 1 aliphatic heterocycles. The summed E-state index contributed by atoms with van der Waals surface area (Å²) in [6, 6.07) is 12.8. The Morgan fingerprint density at radius 1 is 1.25 bits per heavy atom. The Bertz CT molecular complexity index is 836. The van der Waals surface area contributed by atoms with Crippen molar-refractivity contribution < 1.29 is 13.2 Å². The molecular weight excluding hydrogens is 346 g/mol. The van der Waals surface area contributed by atoms with Gasteiger partial charge in [-0.25, -0.2) is 13.1 Å². The number of nitrogens with one attached hydrogen (secondary N) is 1. The van der Waals surface area contributed by atoms with Crippen molar-refractivity contribution in [3.63, 3.8) is 0 Å². The summed E-state index contributed by atoms with van der Waals surface area (Å²) < 4.78 is 32.9. The summed E-state index contributed by atoms with van der Waals surface area (Å²) in [5.41, 5.74) is 2.90. The van der Waals surface area contributed by atoms with Crippen LogP contribution in [0.4, 0.5) is 0 Å². The Labute approximate surface area is 147 Å². The molecule has 2 aromatic carbocycles. The van der Waals surface area contributed by atoms with Crippen molar-refractivity contribution in [2.75, 3.05) is 6.61 Å². The van der Waals surface area contributed by atoms with E-state index in [1.54, 1.807) is 24.3 Å². The molecule has 1 N–H and O–H groups in total. The lowest BCUT2D eigenvalue weighted by Gasteiger charge is -2.15. The minimum absolute atomic E-state index is 0.116. The van der Waals surface area contributed by atoms with E-state index in [9.17, 15) is 8.42 Å². The molecule has 0 amide bonds. The van der Waals surface area contributed by atoms with Gasteiger partial charge in [0.25, 0.3) is 0 Å². The molecule has 0 bridgehead atoms. The Balaban J connectivity index is 1.63. The number of rotatable bonds is 6. The molecule has 0 radical (unpaired) electrons. The summed E-state index contributed by atoms with van der Waals surface area (Å²) in [4.78, 5) is 0. The summed E-state index contributed by atoms with van der Waals surface area (Å²) in [7, 11) is -3.45. The number of halogens is 1. The quantitative estimate of drug-likeness (QED) is 0.854. The van der Waals surface area contributed by atoms with Crippen molar-refractivity contribution in [2.24, 2.45) is 0 Å². The van der Waals surface area contributed by atoms with Gasteiger partial charge in [-0.15, -0.1) is 0 Å². The van der Waals surface area contributed by atoms with Gasteiger partial charge in [0, 0.05) is 17.5 Å². The first-order chi connectivity index (χ1) is 11.4. The average molecular weight is 366 g/mol. The van der Waals surface area contributed by atoms with Crippen LogP contribution in [0, 0.1) is 0 Å². The Hall–Kier alpha value is -1.56. The predicted octanol–water partition coefficient (Wildman–Crippen LogP) is 3.33. The first-order valence-corrected chi connectivity index (χ1v) is 9.94. The van der Waals surface area contributed by atoms with Gasteiger partial charge in [0.15, 0.2) is 0 Å². The number of benzene rings is 2. The fourth-order valence-electron chi connectivity index (χ4n) is 2.93. The van der Waals surface area contributed by atoms with Crippen molar-refractivity contribution in [1.82, 2.24) is 4.72 Å². The predicted molar refractivity (Wildman–Crippen MR) is 96.0 cm³/mol. The van der Waals surface area contributed by atoms with E-state index in [1.807, 2.05) is 19.1 Å². The zero-order valence-corrected chi connectivity index (χ0v) is 15.0. The molecule has 1 atom stereocenters. The molecule has 0 aromatic heterocycles. The molecule has 24 heavy (non-hydrogen) atoms. The van der Waals surface area contributed by atoms with Crippen molar-refractivity contribution in [3.05, 3.63) is 64.2 Å². The van der Waals surface area contributed by atoms with E-state index < -0.39 is 10.0 Å².